The SMILES string of the molecule is CC(C)C(C(=O)NCCCOCCc1ccccc1)N1CCCS1(=O)=O. The summed E-state index contributed by atoms with van der Waals surface area (Å²) in [5, 5.41) is 2.86. The lowest BCUT2D eigenvalue weighted by atomic mass is 10.0. The van der Waals surface area contributed by atoms with E-state index in [2.05, 4.69) is 17.4 Å². The van der Waals surface area contributed by atoms with E-state index in [1.165, 1.54) is 9.87 Å². The highest BCUT2D eigenvalue weighted by Gasteiger charge is 2.39. The van der Waals surface area contributed by atoms with Crippen LogP contribution in [0.1, 0.15) is 32.3 Å². The van der Waals surface area contributed by atoms with Crippen LogP contribution in [-0.2, 0) is 26.0 Å². The van der Waals surface area contributed by atoms with Gasteiger partial charge in [0.15, 0.2) is 0 Å². The molecule has 1 aromatic rings. The molecule has 1 aromatic carbocycles. The normalized spacial score (nSPS) is 18.1. The molecule has 1 saturated heterocycles. The zero-order valence-electron chi connectivity index (χ0n) is 15.7. The largest absolute Gasteiger partial charge is 0.381 e. The van der Waals surface area contributed by atoms with Crippen molar-refractivity contribution < 1.29 is 17.9 Å². The van der Waals surface area contributed by atoms with Gasteiger partial charge < -0.3 is 10.1 Å². The van der Waals surface area contributed by atoms with E-state index in [1.807, 2.05) is 32.0 Å². The van der Waals surface area contributed by atoms with Crippen LogP contribution in [0.3, 0.4) is 0 Å². The zero-order chi connectivity index (χ0) is 19.0. The number of sulfonamides is 1. The number of hydrogen-bond donors (Lipinski definition) is 1. The van der Waals surface area contributed by atoms with Crippen molar-refractivity contribution in [3.05, 3.63) is 35.9 Å². The average molecular weight is 383 g/mol. The van der Waals surface area contributed by atoms with Gasteiger partial charge in [-0.25, -0.2) is 8.42 Å². The lowest BCUT2D eigenvalue weighted by Crippen LogP contribution is -2.50. The Bertz CT molecular complexity index is 661. The van der Waals surface area contributed by atoms with Crippen molar-refractivity contribution in [3.63, 3.8) is 0 Å². The molecule has 1 aliphatic heterocycles. The van der Waals surface area contributed by atoms with Gasteiger partial charge in [-0.1, -0.05) is 44.2 Å². The molecule has 0 bridgehead atoms. The Morgan fingerprint density at radius 2 is 1.96 bits per heavy atom. The van der Waals surface area contributed by atoms with Gasteiger partial charge in [0.1, 0.15) is 6.04 Å². The molecule has 0 saturated carbocycles. The summed E-state index contributed by atoms with van der Waals surface area (Å²) >= 11 is 0. The molecule has 1 unspecified atom stereocenters. The first-order valence-electron chi connectivity index (χ1n) is 9.30. The molecule has 146 valence electrons. The second-order valence-electron chi connectivity index (χ2n) is 6.96. The fourth-order valence-corrected chi connectivity index (χ4v) is 4.99. The molecule has 1 heterocycles. The van der Waals surface area contributed by atoms with Gasteiger partial charge in [0.2, 0.25) is 15.9 Å². The van der Waals surface area contributed by atoms with E-state index in [9.17, 15) is 13.2 Å². The topological polar surface area (TPSA) is 75.7 Å². The highest BCUT2D eigenvalue weighted by molar-refractivity contribution is 7.89. The third-order valence-electron chi connectivity index (χ3n) is 4.49. The summed E-state index contributed by atoms with van der Waals surface area (Å²) in [4.78, 5) is 12.5. The second-order valence-corrected chi connectivity index (χ2v) is 9.00. The van der Waals surface area contributed by atoms with Gasteiger partial charge in [-0.2, -0.15) is 4.31 Å². The van der Waals surface area contributed by atoms with Crippen LogP contribution in [0.5, 0.6) is 0 Å². The molecule has 1 aliphatic rings. The Balaban J connectivity index is 1.67. The lowest BCUT2D eigenvalue weighted by molar-refractivity contribution is -0.126. The molecule has 1 atom stereocenters. The predicted octanol–water partition coefficient (Wildman–Crippen LogP) is 1.81. The van der Waals surface area contributed by atoms with Crippen molar-refractivity contribution in [1.82, 2.24) is 9.62 Å². The molecule has 1 N–H and O–H groups in total. The number of carbonyl (C=O) groups is 1. The van der Waals surface area contributed by atoms with E-state index in [0.29, 0.717) is 39.1 Å². The number of rotatable bonds is 10. The summed E-state index contributed by atoms with van der Waals surface area (Å²) in [5.41, 5.74) is 1.24. The summed E-state index contributed by atoms with van der Waals surface area (Å²) in [5.74, 6) is -0.140. The van der Waals surface area contributed by atoms with Crippen LogP contribution in [0, 0.1) is 5.92 Å². The van der Waals surface area contributed by atoms with Gasteiger partial charge >= 0.3 is 0 Å². The van der Waals surface area contributed by atoms with Crippen LogP contribution >= 0.6 is 0 Å². The molecule has 26 heavy (non-hydrogen) atoms. The molecule has 0 aromatic heterocycles. The van der Waals surface area contributed by atoms with Crippen LogP contribution in [0.2, 0.25) is 0 Å². The Hall–Kier alpha value is -1.44. The first kappa shape index (κ1) is 20.9. The highest BCUT2D eigenvalue weighted by Crippen LogP contribution is 2.22. The van der Waals surface area contributed by atoms with Crippen molar-refractivity contribution in [3.8, 4) is 0 Å². The van der Waals surface area contributed by atoms with E-state index in [4.69, 9.17) is 4.74 Å². The summed E-state index contributed by atoms with van der Waals surface area (Å²) < 4.78 is 31.2. The smallest absolute Gasteiger partial charge is 0.238 e. The molecule has 6 nitrogen and oxygen atoms in total. The minimum atomic E-state index is -3.30. The maximum Gasteiger partial charge on any atom is 0.238 e. The predicted molar refractivity (Wildman–Crippen MR) is 102 cm³/mol. The quantitative estimate of drug-likeness (QED) is 0.626. The lowest BCUT2D eigenvalue weighted by Gasteiger charge is -2.28. The molecule has 7 heteroatoms. The number of nitrogens with one attached hydrogen (secondary N) is 1. The Kier molecular flexibility index (Phi) is 8.06. The maximum atomic E-state index is 12.5. The number of ether oxygens (including phenoxy) is 1. The Labute approximate surface area is 157 Å². The number of hydrogen-bond acceptors (Lipinski definition) is 4. The van der Waals surface area contributed by atoms with Crippen LogP contribution < -0.4 is 5.32 Å². The second kappa shape index (κ2) is 10.0. The van der Waals surface area contributed by atoms with Crippen molar-refractivity contribution in [1.29, 1.82) is 0 Å². The molecular formula is C19H30N2O4S. The van der Waals surface area contributed by atoms with E-state index in [0.717, 1.165) is 6.42 Å². The van der Waals surface area contributed by atoms with Gasteiger partial charge in [-0.15, -0.1) is 0 Å². The van der Waals surface area contributed by atoms with Crippen LogP contribution in [0.4, 0.5) is 0 Å². The maximum absolute atomic E-state index is 12.5. The molecule has 0 aliphatic carbocycles. The first-order chi connectivity index (χ1) is 12.4. The third kappa shape index (κ3) is 6.07. The molecule has 0 spiro atoms. The summed E-state index contributed by atoms with van der Waals surface area (Å²) in [6.45, 7) is 5.90. The van der Waals surface area contributed by atoms with Crippen molar-refractivity contribution in [2.75, 3.05) is 32.1 Å². The monoisotopic (exact) mass is 382 g/mol. The zero-order valence-corrected chi connectivity index (χ0v) is 16.5. The van der Waals surface area contributed by atoms with Crippen LogP contribution in [-0.4, -0.2) is 56.7 Å². The minimum Gasteiger partial charge on any atom is -0.381 e. The standard InChI is InChI=1S/C19H30N2O4S/c1-16(2)18(21-12-7-15-26(21,23)24)19(22)20-11-6-13-25-14-10-17-8-4-3-5-9-17/h3-5,8-9,16,18H,6-7,10-15H2,1-2H3,(H,20,22). The van der Waals surface area contributed by atoms with E-state index < -0.39 is 16.1 Å². The van der Waals surface area contributed by atoms with Crippen molar-refractivity contribution in [2.24, 2.45) is 5.92 Å². The minimum absolute atomic E-state index is 0.0648. The van der Waals surface area contributed by atoms with Crippen LogP contribution in [0.25, 0.3) is 0 Å². The summed E-state index contributed by atoms with van der Waals surface area (Å²) in [6, 6.07) is 9.53. The first-order valence-corrected chi connectivity index (χ1v) is 10.9. The molecule has 0 radical (unpaired) electrons. The number of amides is 1. The number of carbonyl (C=O) groups excluding carboxylic acids is 1. The third-order valence-corrected chi connectivity index (χ3v) is 6.42. The van der Waals surface area contributed by atoms with E-state index in [1.54, 1.807) is 0 Å². The fourth-order valence-electron chi connectivity index (χ4n) is 3.16. The summed E-state index contributed by atoms with van der Waals surface area (Å²) in [6.07, 6.45) is 2.17. The van der Waals surface area contributed by atoms with Gasteiger partial charge in [-0.05, 0) is 30.7 Å². The van der Waals surface area contributed by atoms with Gasteiger partial charge in [0, 0.05) is 19.7 Å². The molecule has 2 rings (SSSR count). The van der Waals surface area contributed by atoms with Gasteiger partial charge in [-0.3, -0.25) is 4.79 Å². The summed E-state index contributed by atoms with van der Waals surface area (Å²) in [7, 11) is -3.30. The molecule has 1 amide bonds. The van der Waals surface area contributed by atoms with Crippen molar-refractivity contribution >= 4 is 15.9 Å². The molecular weight excluding hydrogens is 352 g/mol. The highest BCUT2D eigenvalue weighted by atomic mass is 32.2. The van der Waals surface area contributed by atoms with Crippen LogP contribution in [0.15, 0.2) is 30.3 Å². The Morgan fingerprint density at radius 3 is 2.58 bits per heavy atom. The van der Waals surface area contributed by atoms with E-state index in [-0.39, 0.29) is 17.6 Å². The van der Waals surface area contributed by atoms with E-state index >= 15 is 0 Å². The van der Waals surface area contributed by atoms with Crippen molar-refractivity contribution in [2.45, 2.75) is 39.2 Å². The molecule has 1 fully saturated rings. The Morgan fingerprint density at radius 1 is 1.23 bits per heavy atom. The number of benzene rings is 1. The average Bonchev–Trinajstić information content (AvgIpc) is 2.94. The fraction of sp³-hybridized carbons (Fsp3) is 0.632. The van der Waals surface area contributed by atoms with Gasteiger partial charge in [0.25, 0.3) is 0 Å². The number of nitrogens with zero attached hydrogens (tertiary/aromatic N) is 1. The van der Waals surface area contributed by atoms with Gasteiger partial charge in [0.05, 0.1) is 12.4 Å².